The van der Waals surface area contributed by atoms with E-state index >= 15 is 0 Å². The molecule has 1 aromatic carbocycles. The molecule has 32 heavy (non-hydrogen) atoms. The van der Waals surface area contributed by atoms with Crippen LogP contribution in [0.2, 0.25) is 0 Å². The second-order valence-electron chi connectivity index (χ2n) is 9.02. The van der Waals surface area contributed by atoms with Crippen LogP contribution in [0.5, 0.6) is 0 Å². The lowest BCUT2D eigenvalue weighted by atomic mass is 9.90. The van der Waals surface area contributed by atoms with E-state index in [9.17, 15) is 19.2 Å². The molecular formula is C23H28ClN3O5. The average molecular weight is 462 g/mol. The second kappa shape index (κ2) is 8.83. The first-order chi connectivity index (χ1) is 15.2. The molecule has 8 nitrogen and oxygen atoms in total. The number of alkyl halides is 1. The van der Waals surface area contributed by atoms with E-state index in [2.05, 4.69) is 10.6 Å². The Kier molecular flexibility index (Phi) is 6.27. The summed E-state index contributed by atoms with van der Waals surface area (Å²) in [6.07, 6.45) is 3.12. The van der Waals surface area contributed by atoms with Crippen LogP contribution in [0.15, 0.2) is 24.3 Å². The van der Waals surface area contributed by atoms with Crippen molar-refractivity contribution in [3.05, 3.63) is 29.8 Å². The van der Waals surface area contributed by atoms with E-state index < -0.39 is 23.1 Å². The topological polar surface area (TPSA) is 105 Å². The number of ketones is 1. The number of hydrogen-bond acceptors (Lipinski definition) is 5. The maximum atomic E-state index is 13.7. The molecule has 3 amide bonds. The van der Waals surface area contributed by atoms with Crippen LogP contribution in [0.4, 0.5) is 5.69 Å². The number of benzene rings is 1. The Morgan fingerprint density at radius 2 is 1.84 bits per heavy atom. The number of amides is 3. The van der Waals surface area contributed by atoms with Gasteiger partial charge in [0.2, 0.25) is 11.8 Å². The van der Waals surface area contributed by atoms with Gasteiger partial charge in [0.15, 0.2) is 5.78 Å². The molecule has 2 heterocycles. The van der Waals surface area contributed by atoms with Crippen molar-refractivity contribution in [2.45, 2.75) is 62.6 Å². The van der Waals surface area contributed by atoms with Gasteiger partial charge in [0.1, 0.15) is 24.3 Å². The van der Waals surface area contributed by atoms with Crippen LogP contribution in [0, 0.1) is 5.92 Å². The van der Waals surface area contributed by atoms with Crippen molar-refractivity contribution in [3.63, 3.8) is 0 Å². The van der Waals surface area contributed by atoms with Crippen molar-refractivity contribution < 1.29 is 23.9 Å². The van der Waals surface area contributed by atoms with Crippen LogP contribution in [-0.2, 0) is 19.1 Å². The lowest BCUT2D eigenvalue weighted by molar-refractivity contribution is -0.143. The van der Waals surface area contributed by atoms with Crippen molar-refractivity contribution in [2.75, 3.05) is 18.5 Å². The van der Waals surface area contributed by atoms with Gasteiger partial charge < -0.3 is 20.3 Å². The number of Topliss-reactive ketones (excluding diaryl/α,β-unsaturated/α-hetero) is 1. The minimum absolute atomic E-state index is 0.000971. The zero-order valence-electron chi connectivity index (χ0n) is 18.2. The third-order valence-corrected chi connectivity index (χ3v) is 7.28. The molecule has 4 atom stereocenters. The fourth-order valence-electron chi connectivity index (χ4n) is 5.14. The highest BCUT2D eigenvalue weighted by Gasteiger charge is 2.62. The Morgan fingerprint density at radius 3 is 2.47 bits per heavy atom. The van der Waals surface area contributed by atoms with Gasteiger partial charge in [-0.3, -0.25) is 19.2 Å². The van der Waals surface area contributed by atoms with Crippen LogP contribution in [0.1, 0.15) is 49.9 Å². The molecule has 0 aromatic heterocycles. The number of carbonyl (C=O) groups is 4. The van der Waals surface area contributed by atoms with E-state index in [-0.39, 0.29) is 42.6 Å². The molecule has 0 spiro atoms. The molecule has 2 saturated heterocycles. The zero-order valence-corrected chi connectivity index (χ0v) is 19.0. The van der Waals surface area contributed by atoms with Gasteiger partial charge in [0.25, 0.3) is 5.91 Å². The first kappa shape index (κ1) is 22.7. The second-order valence-corrected chi connectivity index (χ2v) is 9.58. The summed E-state index contributed by atoms with van der Waals surface area (Å²) in [7, 11) is 0. The number of likely N-dealkylation sites (tertiary alicyclic amines) is 1. The quantitative estimate of drug-likeness (QED) is 0.653. The number of carbonyl (C=O) groups excluding carboxylic acids is 4. The molecule has 172 valence electrons. The Bertz CT molecular complexity index is 930. The molecule has 3 fully saturated rings. The molecule has 2 aliphatic heterocycles. The van der Waals surface area contributed by atoms with Gasteiger partial charge in [-0.2, -0.15) is 0 Å². The van der Waals surface area contributed by atoms with E-state index in [1.165, 1.54) is 11.8 Å². The predicted octanol–water partition coefficient (Wildman–Crippen LogP) is 2.11. The van der Waals surface area contributed by atoms with Crippen LogP contribution in [0.3, 0.4) is 0 Å². The molecule has 2 N–H and O–H groups in total. The number of nitrogens with one attached hydrogen (secondary N) is 2. The summed E-state index contributed by atoms with van der Waals surface area (Å²) in [5, 5.41) is 5.11. The van der Waals surface area contributed by atoms with Crippen molar-refractivity contribution in [1.29, 1.82) is 0 Å². The van der Waals surface area contributed by atoms with Crippen molar-refractivity contribution in [3.8, 4) is 0 Å². The number of ether oxygens (including phenoxy) is 1. The van der Waals surface area contributed by atoms with E-state index in [0.29, 0.717) is 11.3 Å². The molecule has 4 rings (SSSR count). The Labute approximate surface area is 192 Å². The smallest absolute Gasteiger partial charge is 0.251 e. The Hall–Kier alpha value is -2.45. The number of nitrogens with zero attached hydrogens (tertiary/aromatic N) is 1. The minimum atomic E-state index is -1.11. The number of halogens is 1. The van der Waals surface area contributed by atoms with E-state index in [1.54, 1.807) is 31.2 Å². The van der Waals surface area contributed by atoms with E-state index in [1.807, 2.05) is 0 Å². The number of hydrogen-bond donors (Lipinski definition) is 2. The molecule has 1 unspecified atom stereocenters. The largest absolute Gasteiger partial charge is 0.366 e. The lowest BCUT2D eigenvalue weighted by Crippen LogP contribution is -2.59. The van der Waals surface area contributed by atoms with Gasteiger partial charge in [-0.05, 0) is 49.9 Å². The normalized spacial score (nSPS) is 28.5. The first-order valence-corrected chi connectivity index (χ1v) is 11.4. The highest BCUT2D eigenvalue weighted by molar-refractivity contribution is 6.22. The van der Waals surface area contributed by atoms with Crippen LogP contribution < -0.4 is 10.6 Å². The molecule has 0 bridgehead atoms. The van der Waals surface area contributed by atoms with Gasteiger partial charge >= 0.3 is 0 Å². The first-order valence-electron chi connectivity index (χ1n) is 11.0. The number of anilines is 1. The van der Waals surface area contributed by atoms with Crippen LogP contribution in [0.25, 0.3) is 0 Å². The molecule has 0 radical (unpaired) electrons. The van der Waals surface area contributed by atoms with Crippen LogP contribution >= 0.6 is 11.6 Å². The highest BCUT2D eigenvalue weighted by atomic mass is 35.5. The predicted molar refractivity (Wildman–Crippen MR) is 118 cm³/mol. The summed E-state index contributed by atoms with van der Waals surface area (Å²) in [5.41, 5.74) is -0.136. The van der Waals surface area contributed by atoms with Gasteiger partial charge in [0.05, 0.1) is 5.38 Å². The molecule has 3 aliphatic rings. The van der Waals surface area contributed by atoms with Crippen molar-refractivity contribution in [1.82, 2.24) is 10.2 Å². The molecule has 1 aromatic rings. The standard InChI is InChI=1S/C23H28ClN3O5/c1-13(28)25-16-9-7-15(8-10-16)21(30)26-19(14-5-3-4-6-14)22(31)27-11-17(24)20-23(27,2)18(29)12-32-20/h7-10,14,17,19-20H,3-6,11-12H2,1-2H3,(H,25,28)(H,26,30)/t17-,19-,20+,23?/m0/s1. The molecule has 1 aliphatic carbocycles. The summed E-state index contributed by atoms with van der Waals surface area (Å²) < 4.78 is 5.59. The van der Waals surface area contributed by atoms with Gasteiger partial charge in [0, 0.05) is 24.7 Å². The number of rotatable bonds is 5. The van der Waals surface area contributed by atoms with Crippen molar-refractivity contribution >= 4 is 40.8 Å². The summed E-state index contributed by atoms with van der Waals surface area (Å²) in [6.45, 7) is 3.27. The maximum Gasteiger partial charge on any atom is 0.251 e. The Morgan fingerprint density at radius 1 is 1.19 bits per heavy atom. The van der Waals surface area contributed by atoms with E-state index in [4.69, 9.17) is 16.3 Å². The Balaban J connectivity index is 1.55. The van der Waals surface area contributed by atoms with Gasteiger partial charge in [-0.25, -0.2) is 0 Å². The molecule has 9 heteroatoms. The summed E-state index contributed by atoms with van der Waals surface area (Å²) in [4.78, 5) is 52.1. The fraction of sp³-hybridized carbons (Fsp3) is 0.565. The summed E-state index contributed by atoms with van der Waals surface area (Å²) in [5.74, 6) is -1.02. The fourth-order valence-corrected chi connectivity index (χ4v) is 5.60. The summed E-state index contributed by atoms with van der Waals surface area (Å²) >= 11 is 6.44. The monoisotopic (exact) mass is 461 g/mol. The molecule has 1 saturated carbocycles. The highest BCUT2D eigenvalue weighted by Crippen LogP contribution is 2.41. The minimum Gasteiger partial charge on any atom is -0.366 e. The van der Waals surface area contributed by atoms with Gasteiger partial charge in [-0.1, -0.05) is 12.8 Å². The average Bonchev–Trinajstić information content (AvgIpc) is 3.44. The zero-order chi connectivity index (χ0) is 23.0. The lowest BCUT2D eigenvalue weighted by Gasteiger charge is -2.36. The van der Waals surface area contributed by atoms with Crippen molar-refractivity contribution in [2.24, 2.45) is 5.92 Å². The number of fused-ring (bicyclic) bond motifs is 1. The van der Waals surface area contributed by atoms with Crippen LogP contribution in [-0.4, -0.2) is 64.6 Å². The maximum absolute atomic E-state index is 13.7. The van der Waals surface area contributed by atoms with E-state index in [0.717, 1.165) is 25.7 Å². The summed E-state index contributed by atoms with van der Waals surface area (Å²) in [6, 6.07) is 5.75. The third-order valence-electron chi connectivity index (χ3n) is 6.92. The van der Waals surface area contributed by atoms with Gasteiger partial charge in [-0.15, -0.1) is 11.6 Å². The third kappa shape index (κ3) is 4.01. The molecular weight excluding hydrogens is 434 g/mol. The SMILES string of the molecule is CC(=O)Nc1ccc(C(=O)N[C@H](C(=O)N2C[C@H](Cl)[C@H]3OCC(=O)C32C)C2CCCC2)cc1.